The zero-order chi connectivity index (χ0) is 17.5. The Morgan fingerprint density at radius 3 is 2.52 bits per heavy atom. The number of carbonyl (C=O) groups excluding carboxylic acids is 2. The molecule has 2 amide bonds. The summed E-state index contributed by atoms with van der Waals surface area (Å²) >= 11 is 0. The summed E-state index contributed by atoms with van der Waals surface area (Å²) in [6.07, 6.45) is 9.66. The third-order valence-corrected chi connectivity index (χ3v) is 5.52. The molecule has 0 aromatic carbocycles. The second-order valence-corrected chi connectivity index (χ2v) is 7.30. The van der Waals surface area contributed by atoms with E-state index in [1.54, 1.807) is 6.20 Å². The van der Waals surface area contributed by atoms with E-state index < -0.39 is 0 Å². The Morgan fingerprint density at radius 1 is 1.08 bits per heavy atom. The number of likely N-dealkylation sites (tertiary alicyclic amines) is 1. The maximum absolute atomic E-state index is 12.4. The van der Waals surface area contributed by atoms with E-state index in [4.69, 9.17) is 0 Å². The molecule has 1 N–H and O–H groups in total. The van der Waals surface area contributed by atoms with Gasteiger partial charge < -0.3 is 10.2 Å². The Kier molecular flexibility index (Phi) is 6.42. The molecule has 1 aromatic heterocycles. The second-order valence-electron chi connectivity index (χ2n) is 7.30. The molecule has 0 unspecified atom stereocenters. The Morgan fingerprint density at radius 2 is 1.84 bits per heavy atom. The van der Waals surface area contributed by atoms with Crippen LogP contribution in [0.25, 0.3) is 0 Å². The Bertz CT molecular complexity index is 562. The lowest BCUT2D eigenvalue weighted by Gasteiger charge is -2.33. The predicted octanol–water partition coefficient (Wildman–Crippen LogP) is 2.56. The number of hydrogen-bond acceptors (Lipinski definition) is 3. The Hall–Kier alpha value is -1.91. The molecule has 0 atom stereocenters. The first-order valence-corrected chi connectivity index (χ1v) is 9.70. The highest BCUT2D eigenvalue weighted by atomic mass is 16.2. The molecule has 1 aromatic rings. The molecular weight excluding hydrogens is 314 g/mol. The highest BCUT2D eigenvalue weighted by Crippen LogP contribution is 2.28. The van der Waals surface area contributed by atoms with E-state index in [1.165, 1.54) is 12.8 Å². The zero-order valence-electron chi connectivity index (χ0n) is 15.0. The van der Waals surface area contributed by atoms with Crippen LogP contribution in [-0.4, -0.2) is 41.3 Å². The van der Waals surface area contributed by atoms with Crippen LogP contribution in [0.1, 0.15) is 50.6 Å². The van der Waals surface area contributed by atoms with E-state index >= 15 is 0 Å². The van der Waals surface area contributed by atoms with Crippen molar-refractivity contribution in [3.63, 3.8) is 0 Å². The van der Waals surface area contributed by atoms with Crippen molar-refractivity contribution in [2.24, 2.45) is 11.8 Å². The van der Waals surface area contributed by atoms with E-state index in [1.807, 2.05) is 23.1 Å². The van der Waals surface area contributed by atoms with Crippen molar-refractivity contribution in [1.29, 1.82) is 0 Å². The fourth-order valence-corrected chi connectivity index (χ4v) is 3.96. The van der Waals surface area contributed by atoms with Crippen LogP contribution >= 0.6 is 0 Å². The van der Waals surface area contributed by atoms with Gasteiger partial charge in [0.1, 0.15) is 0 Å². The van der Waals surface area contributed by atoms with Gasteiger partial charge >= 0.3 is 0 Å². The summed E-state index contributed by atoms with van der Waals surface area (Å²) in [5.41, 5.74) is 1.07. The molecule has 2 fully saturated rings. The van der Waals surface area contributed by atoms with Crippen molar-refractivity contribution in [2.45, 2.75) is 51.4 Å². The molecule has 1 aliphatic heterocycles. The number of aromatic nitrogens is 1. The van der Waals surface area contributed by atoms with Crippen LogP contribution in [0.2, 0.25) is 0 Å². The monoisotopic (exact) mass is 343 g/mol. The largest absolute Gasteiger partial charge is 0.356 e. The number of nitrogens with zero attached hydrogens (tertiary/aromatic N) is 2. The minimum atomic E-state index is 0.0579. The predicted molar refractivity (Wildman–Crippen MR) is 96.8 cm³/mol. The van der Waals surface area contributed by atoms with E-state index in [-0.39, 0.29) is 17.7 Å². The van der Waals surface area contributed by atoms with Crippen molar-refractivity contribution in [2.75, 3.05) is 19.6 Å². The SMILES string of the molecule is O=C(NCCCc1ccccn1)C1CCN(C(=O)C2CCCC2)CC1. The second kappa shape index (κ2) is 8.97. The van der Waals surface area contributed by atoms with Crippen molar-refractivity contribution in [3.05, 3.63) is 30.1 Å². The van der Waals surface area contributed by atoms with Gasteiger partial charge in [-0.3, -0.25) is 14.6 Å². The molecule has 136 valence electrons. The molecule has 0 spiro atoms. The molecular formula is C20H29N3O2. The lowest BCUT2D eigenvalue weighted by Crippen LogP contribution is -2.44. The molecule has 5 nitrogen and oxygen atoms in total. The number of rotatable bonds is 6. The molecule has 3 rings (SSSR count). The van der Waals surface area contributed by atoms with Crippen LogP contribution in [0.3, 0.4) is 0 Å². The van der Waals surface area contributed by atoms with Crippen LogP contribution in [0.4, 0.5) is 0 Å². The standard InChI is InChI=1S/C20H29N3O2/c24-19(22-13-5-9-18-8-3-4-12-21-18)16-10-14-23(15-11-16)20(25)17-6-1-2-7-17/h3-4,8,12,16-17H,1-2,5-7,9-11,13-15H2,(H,22,24). The summed E-state index contributed by atoms with van der Waals surface area (Å²) < 4.78 is 0. The van der Waals surface area contributed by atoms with Crippen molar-refractivity contribution >= 4 is 11.8 Å². The van der Waals surface area contributed by atoms with Gasteiger partial charge in [-0.15, -0.1) is 0 Å². The zero-order valence-corrected chi connectivity index (χ0v) is 15.0. The summed E-state index contributed by atoms with van der Waals surface area (Å²) in [4.78, 5) is 31.0. The van der Waals surface area contributed by atoms with Gasteiger partial charge in [-0.2, -0.15) is 0 Å². The quantitative estimate of drug-likeness (QED) is 0.808. The number of aryl methyl sites for hydroxylation is 1. The first kappa shape index (κ1) is 17.9. The number of pyridine rings is 1. The normalized spacial score (nSPS) is 19.1. The fourth-order valence-electron chi connectivity index (χ4n) is 3.96. The first-order chi connectivity index (χ1) is 12.2. The van der Waals surface area contributed by atoms with Gasteiger partial charge in [0.05, 0.1) is 0 Å². The van der Waals surface area contributed by atoms with Gasteiger partial charge in [0, 0.05) is 43.4 Å². The third-order valence-electron chi connectivity index (χ3n) is 5.52. The number of piperidine rings is 1. The molecule has 1 saturated heterocycles. The van der Waals surface area contributed by atoms with Crippen molar-refractivity contribution in [1.82, 2.24) is 15.2 Å². The van der Waals surface area contributed by atoms with E-state index in [2.05, 4.69) is 10.3 Å². The minimum Gasteiger partial charge on any atom is -0.356 e. The topological polar surface area (TPSA) is 62.3 Å². The van der Waals surface area contributed by atoms with Gasteiger partial charge in [-0.05, 0) is 50.7 Å². The van der Waals surface area contributed by atoms with E-state index in [9.17, 15) is 9.59 Å². The fraction of sp³-hybridized carbons (Fsp3) is 0.650. The molecule has 0 bridgehead atoms. The lowest BCUT2D eigenvalue weighted by atomic mass is 9.94. The number of carbonyl (C=O) groups is 2. The van der Waals surface area contributed by atoms with Gasteiger partial charge in [0.25, 0.3) is 0 Å². The molecule has 1 saturated carbocycles. The summed E-state index contributed by atoms with van der Waals surface area (Å²) in [5, 5.41) is 3.05. The first-order valence-electron chi connectivity index (χ1n) is 9.70. The average Bonchev–Trinajstić information content (AvgIpc) is 3.20. The van der Waals surface area contributed by atoms with Crippen LogP contribution < -0.4 is 5.32 Å². The summed E-state index contributed by atoms with van der Waals surface area (Å²) in [6.45, 7) is 2.17. The molecule has 2 aliphatic rings. The smallest absolute Gasteiger partial charge is 0.225 e. The number of nitrogens with one attached hydrogen (secondary N) is 1. The Balaban J connectivity index is 1.33. The van der Waals surface area contributed by atoms with Gasteiger partial charge in [0.2, 0.25) is 11.8 Å². The summed E-state index contributed by atoms with van der Waals surface area (Å²) in [7, 11) is 0. The Labute approximate surface area is 150 Å². The number of amides is 2. The molecule has 25 heavy (non-hydrogen) atoms. The van der Waals surface area contributed by atoms with Crippen molar-refractivity contribution in [3.8, 4) is 0 Å². The lowest BCUT2D eigenvalue weighted by molar-refractivity contribution is -0.139. The third kappa shape index (κ3) is 5.03. The molecule has 0 radical (unpaired) electrons. The molecule has 2 heterocycles. The number of hydrogen-bond donors (Lipinski definition) is 1. The van der Waals surface area contributed by atoms with Crippen LogP contribution in [-0.2, 0) is 16.0 Å². The summed E-state index contributed by atoms with van der Waals surface area (Å²) in [5.74, 6) is 0.778. The van der Waals surface area contributed by atoms with Crippen LogP contribution in [0.5, 0.6) is 0 Å². The average molecular weight is 343 g/mol. The van der Waals surface area contributed by atoms with Gasteiger partial charge in [0.15, 0.2) is 0 Å². The minimum absolute atomic E-state index is 0.0579. The van der Waals surface area contributed by atoms with E-state index in [0.29, 0.717) is 12.5 Å². The van der Waals surface area contributed by atoms with Crippen LogP contribution in [0.15, 0.2) is 24.4 Å². The van der Waals surface area contributed by atoms with Gasteiger partial charge in [-0.25, -0.2) is 0 Å². The highest BCUT2D eigenvalue weighted by Gasteiger charge is 2.31. The highest BCUT2D eigenvalue weighted by molar-refractivity contribution is 5.81. The summed E-state index contributed by atoms with van der Waals surface area (Å²) in [6, 6.07) is 5.91. The maximum atomic E-state index is 12.4. The van der Waals surface area contributed by atoms with Gasteiger partial charge in [-0.1, -0.05) is 18.9 Å². The maximum Gasteiger partial charge on any atom is 0.225 e. The molecule has 1 aliphatic carbocycles. The van der Waals surface area contributed by atoms with Crippen LogP contribution in [0, 0.1) is 11.8 Å². The molecule has 5 heteroatoms. The van der Waals surface area contributed by atoms with Crippen molar-refractivity contribution < 1.29 is 9.59 Å². The van der Waals surface area contributed by atoms with E-state index in [0.717, 1.165) is 57.3 Å².